The van der Waals surface area contributed by atoms with E-state index in [1.807, 2.05) is 6.07 Å². The van der Waals surface area contributed by atoms with Gasteiger partial charge in [-0.3, -0.25) is 10.1 Å². The summed E-state index contributed by atoms with van der Waals surface area (Å²) >= 11 is 1.37. The summed E-state index contributed by atoms with van der Waals surface area (Å²) in [7, 11) is 0. The molecule has 0 unspecified atom stereocenters. The summed E-state index contributed by atoms with van der Waals surface area (Å²) in [6, 6.07) is 10.3. The smallest absolute Gasteiger partial charge is 0.257 e. The van der Waals surface area contributed by atoms with Crippen LogP contribution in [0.4, 0.5) is 9.52 Å². The number of hydrogen-bond acceptors (Lipinski definition) is 5. The van der Waals surface area contributed by atoms with Gasteiger partial charge in [0.25, 0.3) is 5.91 Å². The van der Waals surface area contributed by atoms with Gasteiger partial charge >= 0.3 is 0 Å². The van der Waals surface area contributed by atoms with Crippen LogP contribution in [0.1, 0.15) is 26.4 Å². The molecule has 0 aliphatic heterocycles. The third-order valence-corrected chi connectivity index (χ3v) is 4.88. The zero-order valence-electron chi connectivity index (χ0n) is 13.8. The fourth-order valence-corrected chi connectivity index (χ4v) is 3.39. The standard InChI is InChI=1S/C18H14FN5OS/c1-10-2-3-11(7-14(10)19)6-13-9-20-18(26-13)21-17(25)12-4-5-15-16(8-12)23-24-22-15/h2-5,7-9H,6H2,1H3,(H,20,21,25)(H,22,23,24). The lowest BCUT2D eigenvalue weighted by molar-refractivity contribution is 0.102. The monoisotopic (exact) mass is 367 g/mol. The Bertz CT molecular complexity index is 1100. The zero-order chi connectivity index (χ0) is 18.1. The van der Waals surface area contributed by atoms with Gasteiger partial charge in [0.2, 0.25) is 0 Å². The van der Waals surface area contributed by atoms with E-state index in [1.165, 1.54) is 17.4 Å². The van der Waals surface area contributed by atoms with Gasteiger partial charge in [-0.05, 0) is 42.3 Å². The summed E-state index contributed by atoms with van der Waals surface area (Å²) < 4.78 is 13.7. The minimum absolute atomic E-state index is 0.219. The largest absolute Gasteiger partial charge is 0.298 e. The Morgan fingerprint density at radius 1 is 1.19 bits per heavy atom. The molecule has 0 atom stereocenters. The third-order valence-electron chi connectivity index (χ3n) is 3.97. The van der Waals surface area contributed by atoms with Gasteiger partial charge in [-0.25, -0.2) is 9.37 Å². The maximum absolute atomic E-state index is 13.7. The van der Waals surface area contributed by atoms with Crippen LogP contribution in [0.3, 0.4) is 0 Å². The number of H-pyrrole nitrogens is 1. The average molecular weight is 367 g/mol. The normalized spacial score (nSPS) is 11.0. The Labute approximate surface area is 152 Å². The number of fused-ring (bicyclic) bond motifs is 1. The number of carbonyl (C=O) groups excluding carboxylic acids is 1. The van der Waals surface area contributed by atoms with Crippen LogP contribution in [0.5, 0.6) is 0 Å². The van der Waals surface area contributed by atoms with E-state index < -0.39 is 0 Å². The van der Waals surface area contributed by atoms with Crippen LogP contribution in [0, 0.1) is 12.7 Å². The van der Waals surface area contributed by atoms with Crippen molar-refractivity contribution in [2.24, 2.45) is 0 Å². The van der Waals surface area contributed by atoms with Crippen LogP contribution in [0.15, 0.2) is 42.6 Å². The minimum Gasteiger partial charge on any atom is -0.298 e. The molecule has 130 valence electrons. The van der Waals surface area contributed by atoms with Gasteiger partial charge in [-0.15, -0.1) is 11.3 Å². The molecule has 1 amide bonds. The molecule has 0 bridgehead atoms. The molecule has 2 aromatic carbocycles. The van der Waals surface area contributed by atoms with Gasteiger partial charge in [-0.2, -0.15) is 15.4 Å². The first-order valence-corrected chi connectivity index (χ1v) is 8.72. The van der Waals surface area contributed by atoms with Crippen molar-refractivity contribution in [3.8, 4) is 0 Å². The molecule has 2 N–H and O–H groups in total. The maximum atomic E-state index is 13.7. The van der Waals surface area contributed by atoms with Gasteiger partial charge in [0.15, 0.2) is 5.13 Å². The molecule has 0 aliphatic rings. The summed E-state index contributed by atoms with van der Waals surface area (Å²) in [6.07, 6.45) is 2.26. The van der Waals surface area contributed by atoms with Crippen molar-refractivity contribution in [1.29, 1.82) is 0 Å². The Kier molecular flexibility index (Phi) is 4.18. The van der Waals surface area contributed by atoms with E-state index in [2.05, 4.69) is 25.7 Å². The molecule has 6 nitrogen and oxygen atoms in total. The Hall–Kier alpha value is -3.13. The van der Waals surface area contributed by atoms with E-state index in [9.17, 15) is 9.18 Å². The van der Waals surface area contributed by atoms with Crippen molar-refractivity contribution in [2.45, 2.75) is 13.3 Å². The van der Waals surface area contributed by atoms with Gasteiger partial charge in [0.1, 0.15) is 16.9 Å². The van der Waals surface area contributed by atoms with Crippen LogP contribution in [0.2, 0.25) is 0 Å². The number of nitrogens with zero attached hydrogens (tertiary/aromatic N) is 3. The highest BCUT2D eigenvalue weighted by Crippen LogP contribution is 2.23. The molecule has 0 spiro atoms. The van der Waals surface area contributed by atoms with E-state index in [-0.39, 0.29) is 11.7 Å². The summed E-state index contributed by atoms with van der Waals surface area (Å²) in [4.78, 5) is 17.5. The summed E-state index contributed by atoms with van der Waals surface area (Å²) in [5, 5.41) is 13.7. The lowest BCUT2D eigenvalue weighted by Crippen LogP contribution is -2.11. The van der Waals surface area contributed by atoms with E-state index in [1.54, 1.807) is 37.4 Å². The molecule has 2 aromatic heterocycles. The lowest BCUT2D eigenvalue weighted by Gasteiger charge is -2.02. The predicted octanol–water partition coefficient (Wildman–Crippen LogP) is 3.71. The number of anilines is 1. The topological polar surface area (TPSA) is 83.6 Å². The molecule has 0 aliphatic carbocycles. The van der Waals surface area contributed by atoms with Gasteiger partial charge in [0, 0.05) is 23.1 Å². The van der Waals surface area contributed by atoms with E-state index in [4.69, 9.17) is 0 Å². The number of benzene rings is 2. The second-order valence-electron chi connectivity index (χ2n) is 5.87. The molecule has 8 heteroatoms. The molecule has 0 radical (unpaired) electrons. The van der Waals surface area contributed by atoms with Crippen molar-refractivity contribution in [3.05, 3.63) is 70.0 Å². The van der Waals surface area contributed by atoms with Crippen LogP contribution < -0.4 is 5.32 Å². The molecule has 4 aromatic rings. The van der Waals surface area contributed by atoms with E-state index in [0.29, 0.717) is 33.7 Å². The number of rotatable bonds is 4. The number of halogens is 1. The SMILES string of the molecule is Cc1ccc(Cc2cnc(NC(=O)c3ccc4n[nH]nc4c3)s2)cc1F. The minimum atomic E-state index is -0.266. The van der Waals surface area contributed by atoms with Crippen LogP contribution >= 0.6 is 11.3 Å². The number of hydrogen-bond donors (Lipinski definition) is 2. The molecule has 0 saturated carbocycles. The molecule has 0 saturated heterocycles. The summed E-state index contributed by atoms with van der Waals surface area (Å²) in [6.45, 7) is 1.73. The zero-order valence-corrected chi connectivity index (χ0v) is 14.6. The van der Waals surface area contributed by atoms with Crippen LogP contribution in [0.25, 0.3) is 11.0 Å². The van der Waals surface area contributed by atoms with Crippen molar-refractivity contribution < 1.29 is 9.18 Å². The molecule has 0 fully saturated rings. The van der Waals surface area contributed by atoms with Crippen molar-refractivity contribution >= 4 is 33.4 Å². The summed E-state index contributed by atoms with van der Waals surface area (Å²) in [5.74, 6) is -0.485. The van der Waals surface area contributed by atoms with Crippen LogP contribution in [-0.2, 0) is 6.42 Å². The molecule has 2 heterocycles. The fourth-order valence-electron chi connectivity index (χ4n) is 2.55. The highest BCUT2D eigenvalue weighted by atomic mass is 32.1. The molecule has 4 rings (SSSR count). The predicted molar refractivity (Wildman–Crippen MR) is 97.9 cm³/mol. The summed E-state index contributed by atoms with van der Waals surface area (Å²) in [5.41, 5.74) is 3.28. The molecule has 26 heavy (non-hydrogen) atoms. The van der Waals surface area contributed by atoms with Crippen LogP contribution in [-0.4, -0.2) is 26.3 Å². The van der Waals surface area contributed by atoms with Gasteiger partial charge in [0.05, 0.1) is 0 Å². The number of aryl methyl sites for hydroxylation is 1. The number of carbonyl (C=O) groups is 1. The van der Waals surface area contributed by atoms with Gasteiger partial charge in [-0.1, -0.05) is 12.1 Å². The molecular formula is C18H14FN5OS. The highest BCUT2D eigenvalue weighted by molar-refractivity contribution is 7.15. The maximum Gasteiger partial charge on any atom is 0.257 e. The first-order valence-electron chi connectivity index (χ1n) is 7.90. The number of aromatic nitrogens is 4. The Balaban J connectivity index is 1.47. The Morgan fingerprint density at radius 3 is 2.88 bits per heavy atom. The van der Waals surface area contributed by atoms with Crippen molar-refractivity contribution in [2.75, 3.05) is 5.32 Å². The first-order chi connectivity index (χ1) is 12.6. The Morgan fingerprint density at radius 2 is 2.04 bits per heavy atom. The second kappa shape index (κ2) is 6.64. The van der Waals surface area contributed by atoms with Gasteiger partial charge < -0.3 is 0 Å². The van der Waals surface area contributed by atoms with Crippen molar-refractivity contribution in [1.82, 2.24) is 20.4 Å². The fraction of sp³-hybridized carbons (Fsp3) is 0.111. The van der Waals surface area contributed by atoms with E-state index in [0.717, 1.165) is 10.4 Å². The number of aromatic amines is 1. The van der Waals surface area contributed by atoms with E-state index >= 15 is 0 Å². The second-order valence-corrected chi connectivity index (χ2v) is 6.99. The molecular weight excluding hydrogens is 353 g/mol. The average Bonchev–Trinajstić information content (AvgIpc) is 3.26. The number of amides is 1. The third kappa shape index (κ3) is 3.31. The first kappa shape index (κ1) is 16.3. The quantitative estimate of drug-likeness (QED) is 0.576. The lowest BCUT2D eigenvalue weighted by atomic mass is 10.1. The number of nitrogens with one attached hydrogen (secondary N) is 2. The number of thiazole rings is 1. The van der Waals surface area contributed by atoms with Crippen molar-refractivity contribution in [3.63, 3.8) is 0 Å². The highest BCUT2D eigenvalue weighted by Gasteiger charge is 2.11.